The molecule has 0 aromatic heterocycles. The minimum absolute atomic E-state index is 0.0396. The van der Waals surface area contributed by atoms with E-state index in [4.69, 9.17) is 10.2 Å². The van der Waals surface area contributed by atoms with Gasteiger partial charge in [-0.1, -0.05) is 12.8 Å². The average Bonchev–Trinajstić information content (AvgIpc) is 2.38. The lowest BCUT2D eigenvalue weighted by Gasteiger charge is -2.35. The molecule has 0 spiro atoms. The molecule has 0 aromatic rings. The number of aliphatic hydroxyl groups excluding tert-OH is 2. The molecule has 0 bridgehead atoms. The number of nitrogens with one attached hydrogen (secondary N) is 1. The molecule has 7 nitrogen and oxygen atoms in total. The van der Waals surface area contributed by atoms with E-state index in [-0.39, 0.29) is 25.0 Å². The van der Waals surface area contributed by atoms with Crippen molar-refractivity contribution in [1.82, 2.24) is 10.2 Å². The van der Waals surface area contributed by atoms with Crippen LogP contribution in [0.25, 0.3) is 0 Å². The van der Waals surface area contributed by atoms with Crippen LogP contribution in [0, 0.1) is 0 Å². The van der Waals surface area contributed by atoms with Crippen LogP contribution in [0.3, 0.4) is 0 Å². The third-order valence-corrected chi connectivity index (χ3v) is 3.49. The van der Waals surface area contributed by atoms with Crippen LogP contribution in [0.5, 0.6) is 0 Å². The fourth-order valence-corrected chi connectivity index (χ4v) is 2.26. The standard InChI is InChI=1S/C12H22N2O5/c1-14(8-4-2-3-5-9(8)15)12(19)13-7-6-10(16)11(17)18/h8-10,15-16H,2-7H2,1H3,(H,13,19)(H,17,18)/t8?,9?,10-/m0/s1. The number of carboxylic acids is 1. The highest BCUT2D eigenvalue weighted by atomic mass is 16.4. The fraction of sp³-hybridized carbons (Fsp3) is 0.833. The Morgan fingerprint density at radius 1 is 1.37 bits per heavy atom. The minimum Gasteiger partial charge on any atom is -0.479 e. The molecular formula is C12H22N2O5. The van der Waals surface area contributed by atoms with E-state index in [9.17, 15) is 14.7 Å². The number of carbonyl (C=O) groups is 2. The molecule has 0 radical (unpaired) electrons. The molecule has 1 aliphatic carbocycles. The molecule has 0 heterocycles. The van der Waals surface area contributed by atoms with Gasteiger partial charge in [-0.05, 0) is 12.8 Å². The summed E-state index contributed by atoms with van der Waals surface area (Å²) in [6.07, 6.45) is 1.40. The number of amides is 2. The van der Waals surface area contributed by atoms with Gasteiger partial charge in [-0.15, -0.1) is 0 Å². The third-order valence-electron chi connectivity index (χ3n) is 3.49. The molecule has 1 aliphatic rings. The Labute approximate surface area is 112 Å². The Morgan fingerprint density at radius 2 is 2.00 bits per heavy atom. The van der Waals surface area contributed by atoms with Gasteiger partial charge >= 0.3 is 12.0 Å². The van der Waals surface area contributed by atoms with Crippen LogP contribution in [0.4, 0.5) is 4.79 Å². The minimum atomic E-state index is -1.47. The molecule has 0 aromatic carbocycles. The molecule has 19 heavy (non-hydrogen) atoms. The molecule has 0 aliphatic heterocycles. The summed E-state index contributed by atoms with van der Waals surface area (Å²) in [5, 5.41) is 29.9. The van der Waals surface area contributed by atoms with E-state index in [1.807, 2.05) is 0 Å². The van der Waals surface area contributed by atoms with Gasteiger partial charge in [-0.3, -0.25) is 0 Å². The highest BCUT2D eigenvalue weighted by Gasteiger charge is 2.29. The summed E-state index contributed by atoms with van der Waals surface area (Å²) in [5.41, 5.74) is 0. The van der Waals surface area contributed by atoms with Gasteiger partial charge in [0.2, 0.25) is 0 Å². The Hall–Kier alpha value is -1.34. The SMILES string of the molecule is CN(C(=O)NCC[C@H](O)C(=O)O)C1CCCCC1O. The number of urea groups is 1. The summed E-state index contributed by atoms with van der Waals surface area (Å²) in [7, 11) is 1.61. The zero-order chi connectivity index (χ0) is 14.4. The van der Waals surface area contributed by atoms with Gasteiger partial charge in [0.05, 0.1) is 12.1 Å². The topological polar surface area (TPSA) is 110 Å². The molecule has 4 N–H and O–H groups in total. The monoisotopic (exact) mass is 274 g/mol. The number of carboxylic acid groups (broad SMARTS) is 1. The molecule has 0 saturated heterocycles. The molecule has 3 atom stereocenters. The number of aliphatic carboxylic acids is 1. The van der Waals surface area contributed by atoms with Crippen molar-refractivity contribution >= 4 is 12.0 Å². The summed E-state index contributed by atoms with van der Waals surface area (Å²) in [4.78, 5) is 23.7. The predicted molar refractivity (Wildman–Crippen MR) is 67.7 cm³/mol. The van der Waals surface area contributed by atoms with Gasteiger partial charge in [0.1, 0.15) is 0 Å². The van der Waals surface area contributed by atoms with Crippen molar-refractivity contribution in [2.75, 3.05) is 13.6 Å². The summed E-state index contributed by atoms with van der Waals surface area (Å²) in [6.45, 7) is 0.0828. The van der Waals surface area contributed by atoms with Crippen LogP contribution in [-0.4, -0.2) is 64.1 Å². The van der Waals surface area contributed by atoms with Gasteiger partial charge in [0, 0.05) is 20.0 Å². The summed E-state index contributed by atoms with van der Waals surface area (Å²) >= 11 is 0. The fourth-order valence-electron chi connectivity index (χ4n) is 2.26. The first-order chi connectivity index (χ1) is 8.93. The van der Waals surface area contributed by atoms with Crippen molar-refractivity contribution in [1.29, 1.82) is 0 Å². The van der Waals surface area contributed by atoms with Crippen LogP contribution < -0.4 is 5.32 Å². The maximum Gasteiger partial charge on any atom is 0.332 e. The summed E-state index contributed by atoms with van der Waals surface area (Å²) < 4.78 is 0. The molecule has 1 rings (SSSR count). The van der Waals surface area contributed by atoms with Crippen molar-refractivity contribution in [2.24, 2.45) is 0 Å². The first kappa shape index (κ1) is 15.7. The zero-order valence-electron chi connectivity index (χ0n) is 11.1. The number of hydrogen-bond donors (Lipinski definition) is 4. The van der Waals surface area contributed by atoms with Crippen molar-refractivity contribution in [2.45, 2.75) is 50.4 Å². The molecule has 2 unspecified atom stereocenters. The Morgan fingerprint density at radius 3 is 2.58 bits per heavy atom. The quantitative estimate of drug-likeness (QED) is 0.553. The molecule has 2 amide bonds. The number of nitrogens with zero attached hydrogens (tertiary/aromatic N) is 1. The lowest BCUT2D eigenvalue weighted by Crippen LogP contribution is -2.50. The van der Waals surface area contributed by atoms with E-state index >= 15 is 0 Å². The molecule has 1 fully saturated rings. The van der Waals surface area contributed by atoms with E-state index in [1.165, 1.54) is 4.90 Å². The second-order valence-electron chi connectivity index (χ2n) is 4.90. The number of rotatable bonds is 5. The first-order valence-corrected chi connectivity index (χ1v) is 6.53. The largest absolute Gasteiger partial charge is 0.479 e. The van der Waals surface area contributed by atoms with E-state index in [2.05, 4.69) is 5.32 Å². The molecule has 110 valence electrons. The number of likely N-dealkylation sites (N-methyl/N-ethyl adjacent to an activating group) is 1. The van der Waals surface area contributed by atoms with Crippen LogP contribution in [0.15, 0.2) is 0 Å². The second-order valence-corrected chi connectivity index (χ2v) is 4.90. The number of hydrogen-bond acceptors (Lipinski definition) is 4. The van der Waals surface area contributed by atoms with Gasteiger partial charge in [0.15, 0.2) is 6.10 Å². The van der Waals surface area contributed by atoms with Crippen LogP contribution in [0.2, 0.25) is 0 Å². The lowest BCUT2D eigenvalue weighted by atomic mass is 9.92. The molecule has 1 saturated carbocycles. The van der Waals surface area contributed by atoms with Crippen LogP contribution >= 0.6 is 0 Å². The van der Waals surface area contributed by atoms with E-state index < -0.39 is 18.2 Å². The molecule has 7 heteroatoms. The van der Waals surface area contributed by atoms with Gasteiger partial charge < -0.3 is 25.5 Å². The Kier molecular flexibility index (Phi) is 6.04. The number of aliphatic hydroxyl groups is 2. The number of carbonyl (C=O) groups excluding carboxylic acids is 1. The van der Waals surface area contributed by atoms with E-state index in [0.29, 0.717) is 6.42 Å². The predicted octanol–water partition coefficient (Wildman–Crippen LogP) is -0.233. The normalized spacial score (nSPS) is 24.6. The maximum atomic E-state index is 11.8. The van der Waals surface area contributed by atoms with Gasteiger partial charge in [-0.25, -0.2) is 9.59 Å². The Bertz CT molecular complexity index is 323. The Balaban J connectivity index is 2.34. The van der Waals surface area contributed by atoms with E-state index in [1.54, 1.807) is 7.05 Å². The van der Waals surface area contributed by atoms with Crippen LogP contribution in [-0.2, 0) is 4.79 Å². The van der Waals surface area contributed by atoms with Gasteiger partial charge in [-0.2, -0.15) is 0 Å². The average molecular weight is 274 g/mol. The van der Waals surface area contributed by atoms with Crippen molar-refractivity contribution in [3.8, 4) is 0 Å². The molecular weight excluding hydrogens is 252 g/mol. The van der Waals surface area contributed by atoms with Crippen molar-refractivity contribution in [3.05, 3.63) is 0 Å². The summed E-state index contributed by atoms with van der Waals surface area (Å²) in [5.74, 6) is -1.30. The highest BCUT2D eigenvalue weighted by molar-refractivity contribution is 5.74. The smallest absolute Gasteiger partial charge is 0.332 e. The lowest BCUT2D eigenvalue weighted by molar-refractivity contribution is -0.146. The first-order valence-electron chi connectivity index (χ1n) is 6.53. The van der Waals surface area contributed by atoms with Gasteiger partial charge in [0.25, 0.3) is 0 Å². The second kappa shape index (κ2) is 7.30. The zero-order valence-corrected chi connectivity index (χ0v) is 11.1. The third kappa shape index (κ3) is 4.68. The van der Waals surface area contributed by atoms with Crippen molar-refractivity contribution < 1.29 is 24.9 Å². The van der Waals surface area contributed by atoms with Crippen LogP contribution in [0.1, 0.15) is 32.1 Å². The highest BCUT2D eigenvalue weighted by Crippen LogP contribution is 2.22. The summed E-state index contributed by atoms with van der Waals surface area (Å²) in [6, 6.07) is -0.554. The van der Waals surface area contributed by atoms with Crippen molar-refractivity contribution in [3.63, 3.8) is 0 Å². The maximum absolute atomic E-state index is 11.8. The van der Waals surface area contributed by atoms with E-state index in [0.717, 1.165) is 19.3 Å².